The van der Waals surface area contributed by atoms with Gasteiger partial charge in [-0.05, 0) is 70.6 Å². The molecule has 2 aromatic carbocycles. The Hall–Kier alpha value is -2.54. The molecule has 0 atom stereocenters. The summed E-state index contributed by atoms with van der Waals surface area (Å²) in [5, 5.41) is 13.9. The minimum Gasteiger partial charge on any atom is -0.503 e. The van der Waals surface area contributed by atoms with Gasteiger partial charge in [0.15, 0.2) is 18.1 Å². The number of hydrazone groups is 1. The summed E-state index contributed by atoms with van der Waals surface area (Å²) in [7, 11) is 0. The first-order valence-electron chi connectivity index (χ1n) is 9.02. The molecule has 0 aromatic heterocycles. The topological polar surface area (TPSA) is 80.2 Å². The van der Waals surface area contributed by atoms with Crippen molar-refractivity contribution in [2.45, 2.75) is 33.6 Å². The number of phenols is 1. The Labute approximate surface area is 173 Å². The van der Waals surface area contributed by atoms with Crippen molar-refractivity contribution in [1.82, 2.24) is 5.43 Å². The van der Waals surface area contributed by atoms with Crippen LogP contribution in [0.25, 0.3) is 0 Å². The highest BCUT2D eigenvalue weighted by molar-refractivity contribution is 9.10. The van der Waals surface area contributed by atoms with Crippen LogP contribution >= 0.6 is 15.9 Å². The largest absolute Gasteiger partial charge is 0.503 e. The van der Waals surface area contributed by atoms with Gasteiger partial charge in [-0.15, -0.1) is 0 Å². The third kappa shape index (κ3) is 5.99. The summed E-state index contributed by atoms with van der Waals surface area (Å²) in [5.74, 6) is 1.00. The molecule has 1 amide bonds. The highest BCUT2D eigenvalue weighted by atomic mass is 79.9. The van der Waals surface area contributed by atoms with Crippen LogP contribution in [-0.4, -0.2) is 30.4 Å². The summed E-state index contributed by atoms with van der Waals surface area (Å²) in [4.78, 5) is 12.0. The second-order valence-corrected chi connectivity index (χ2v) is 7.41. The number of benzene rings is 2. The van der Waals surface area contributed by atoms with Gasteiger partial charge in [-0.3, -0.25) is 4.79 Å². The number of halogens is 1. The third-order valence-corrected chi connectivity index (χ3v) is 4.51. The van der Waals surface area contributed by atoms with Crippen LogP contribution in [0.15, 0.2) is 39.9 Å². The first kappa shape index (κ1) is 21.8. The number of nitrogens with zero attached hydrogens (tertiary/aromatic N) is 1. The lowest BCUT2D eigenvalue weighted by Gasteiger charge is -2.14. The van der Waals surface area contributed by atoms with E-state index in [-0.39, 0.29) is 18.3 Å². The first-order chi connectivity index (χ1) is 13.3. The molecule has 0 unspecified atom stereocenters. The van der Waals surface area contributed by atoms with Crippen LogP contribution in [0, 0.1) is 6.92 Å². The molecule has 0 bridgehead atoms. The maximum absolute atomic E-state index is 12.0. The van der Waals surface area contributed by atoms with Crippen molar-refractivity contribution in [3.05, 3.63) is 51.5 Å². The standard InChI is InChI=1S/C21H25BrN2O4/c1-5-27-19-10-15(9-17(22)21(19)26)11-23-24-20(25)12-28-18-8-14(4)6-7-16(18)13(2)3/h6-11,13,26H,5,12H2,1-4H3,(H,24,25)/b23-11+. The lowest BCUT2D eigenvalue weighted by Crippen LogP contribution is -2.25. The molecule has 2 rings (SSSR count). The van der Waals surface area contributed by atoms with Crippen molar-refractivity contribution in [2.24, 2.45) is 5.10 Å². The fourth-order valence-electron chi connectivity index (χ4n) is 2.53. The summed E-state index contributed by atoms with van der Waals surface area (Å²) in [6, 6.07) is 9.28. The quantitative estimate of drug-likeness (QED) is 0.459. The molecule has 0 saturated carbocycles. The van der Waals surface area contributed by atoms with Gasteiger partial charge in [-0.25, -0.2) is 5.43 Å². The van der Waals surface area contributed by atoms with E-state index in [0.29, 0.717) is 34.1 Å². The van der Waals surface area contributed by atoms with Crippen molar-refractivity contribution in [3.63, 3.8) is 0 Å². The van der Waals surface area contributed by atoms with E-state index in [1.165, 1.54) is 6.21 Å². The molecule has 2 N–H and O–H groups in total. The number of carbonyl (C=O) groups is 1. The number of hydrogen-bond donors (Lipinski definition) is 2. The molecule has 7 heteroatoms. The minimum absolute atomic E-state index is 0.0237. The Morgan fingerprint density at radius 1 is 1.25 bits per heavy atom. The molecule has 0 aliphatic carbocycles. The summed E-state index contributed by atoms with van der Waals surface area (Å²) in [5.41, 5.74) is 5.22. The van der Waals surface area contributed by atoms with Crippen molar-refractivity contribution >= 4 is 28.1 Å². The molecule has 0 aliphatic heterocycles. The molecule has 0 radical (unpaired) electrons. The number of hydrogen-bond acceptors (Lipinski definition) is 5. The van der Waals surface area contributed by atoms with Gasteiger partial charge in [0, 0.05) is 0 Å². The average molecular weight is 449 g/mol. The number of rotatable bonds is 8. The van der Waals surface area contributed by atoms with Gasteiger partial charge in [0.25, 0.3) is 5.91 Å². The van der Waals surface area contributed by atoms with E-state index in [1.807, 2.05) is 32.0 Å². The monoisotopic (exact) mass is 448 g/mol. The van der Waals surface area contributed by atoms with Gasteiger partial charge in [-0.2, -0.15) is 5.10 Å². The maximum atomic E-state index is 12.0. The van der Waals surface area contributed by atoms with Gasteiger partial charge in [0.1, 0.15) is 5.75 Å². The van der Waals surface area contributed by atoms with Crippen molar-refractivity contribution in [2.75, 3.05) is 13.2 Å². The van der Waals surface area contributed by atoms with E-state index in [2.05, 4.69) is 40.3 Å². The van der Waals surface area contributed by atoms with Gasteiger partial charge in [-0.1, -0.05) is 26.0 Å². The van der Waals surface area contributed by atoms with Gasteiger partial charge in [0.2, 0.25) is 0 Å². The fourth-order valence-corrected chi connectivity index (χ4v) is 2.99. The van der Waals surface area contributed by atoms with E-state index < -0.39 is 0 Å². The van der Waals surface area contributed by atoms with E-state index in [0.717, 1.165) is 11.1 Å². The third-order valence-electron chi connectivity index (χ3n) is 3.90. The molecule has 6 nitrogen and oxygen atoms in total. The van der Waals surface area contributed by atoms with Crippen LogP contribution < -0.4 is 14.9 Å². The summed E-state index contributed by atoms with van der Waals surface area (Å²) in [6.07, 6.45) is 1.47. The van der Waals surface area contributed by atoms with Crippen LogP contribution in [0.1, 0.15) is 43.4 Å². The second kappa shape index (κ2) is 10.1. The zero-order valence-corrected chi connectivity index (χ0v) is 18.0. The number of amides is 1. The van der Waals surface area contributed by atoms with Crippen molar-refractivity contribution in [3.8, 4) is 17.2 Å². The van der Waals surface area contributed by atoms with Crippen LogP contribution in [0.3, 0.4) is 0 Å². The molecular weight excluding hydrogens is 424 g/mol. The molecule has 0 aliphatic rings. The first-order valence-corrected chi connectivity index (χ1v) is 9.81. The Bertz CT molecular complexity index is 866. The van der Waals surface area contributed by atoms with Crippen molar-refractivity contribution < 1.29 is 19.4 Å². The highest BCUT2D eigenvalue weighted by Gasteiger charge is 2.11. The van der Waals surface area contributed by atoms with E-state index in [9.17, 15) is 9.90 Å². The zero-order chi connectivity index (χ0) is 20.7. The van der Waals surface area contributed by atoms with Crippen LogP contribution in [0.2, 0.25) is 0 Å². The van der Waals surface area contributed by atoms with Crippen LogP contribution in [0.4, 0.5) is 0 Å². The number of nitrogens with one attached hydrogen (secondary N) is 1. The van der Waals surface area contributed by atoms with Crippen LogP contribution in [-0.2, 0) is 4.79 Å². The summed E-state index contributed by atoms with van der Waals surface area (Å²) in [6.45, 7) is 8.25. The normalized spacial score (nSPS) is 11.1. The average Bonchev–Trinajstić information content (AvgIpc) is 2.64. The lowest BCUT2D eigenvalue weighted by molar-refractivity contribution is -0.123. The second-order valence-electron chi connectivity index (χ2n) is 6.56. The number of aryl methyl sites for hydroxylation is 1. The predicted molar refractivity (Wildman–Crippen MR) is 113 cm³/mol. The number of phenolic OH excluding ortho intramolecular Hbond substituents is 1. The van der Waals surface area contributed by atoms with Gasteiger partial charge in [0.05, 0.1) is 17.3 Å². The number of ether oxygens (including phenoxy) is 2. The maximum Gasteiger partial charge on any atom is 0.277 e. The number of carbonyl (C=O) groups excluding carboxylic acids is 1. The Morgan fingerprint density at radius 2 is 2.00 bits per heavy atom. The van der Waals surface area contributed by atoms with Gasteiger partial charge < -0.3 is 14.6 Å². The molecule has 0 fully saturated rings. The predicted octanol–water partition coefficient (Wildman–Crippen LogP) is 4.51. The smallest absolute Gasteiger partial charge is 0.277 e. The summed E-state index contributed by atoms with van der Waals surface area (Å²) >= 11 is 3.26. The number of aromatic hydroxyl groups is 1. The van der Waals surface area contributed by atoms with Gasteiger partial charge >= 0.3 is 0 Å². The molecule has 28 heavy (non-hydrogen) atoms. The minimum atomic E-state index is -0.365. The Morgan fingerprint density at radius 3 is 2.68 bits per heavy atom. The SMILES string of the molecule is CCOc1cc(/C=N/NC(=O)COc2cc(C)ccc2C(C)C)cc(Br)c1O. The van der Waals surface area contributed by atoms with Crippen LogP contribution in [0.5, 0.6) is 17.2 Å². The molecule has 0 heterocycles. The molecule has 0 spiro atoms. The zero-order valence-electron chi connectivity index (χ0n) is 16.5. The van der Waals surface area contributed by atoms with Crippen molar-refractivity contribution in [1.29, 1.82) is 0 Å². The van der Waals surface area contributed by atoms with E-state index in [1.54, 1.807) is 12.1 Å². The molecular formula is C21H25BrN2O4. The van der Waals surface area contributed by atoms with E-state index >= 15 is 0 Å². The Kier molecular flexibility index (Phi) is 7.87. The fraction of sp³-hybridized carbons (Fsp3) is 0.333. The molecule has 0 saturated heterocycles. The van der Waals surface area contributed by atoms with E-state index in [4.69, 9.17) is 9.47 Å². The molecule has 2 aromatic rings. The molecule has 150 valence electrons. The summed E-state index contributed by atoms with van der Waals surface area (Å²) < 4.78 is 11.5. The Balaban J connectivity index is 1.97. The highest BCUT2D eigenvalue weighted by Crippen LogP contribution is 2.35. The lowest BCUT2D eigenvalue weighted by atomic mass is 10.0.